The lowest BCUT2D eigenvalue weighted by atomic mass is 10.1. The molecule has 0 aliphatic carbocycles. The van der Waals surface area contributed by atoms with Crippen LogP contribution in [-0.2, 0) is 6.54 Å². The molecule has 0 amide bonds. The summed E-state index contributed by atoms with van der Waals surface area (Å²) in [7, 11) is 1.73. The Kier molecular flexibility index (Phi) is 4.88. The van der Waals surface area contributed by atoms with Crippen molar-refractivity contribution in [1.82, 2.24) is 15.0 Å². The van der Waals surface area contributed by atoms with Gasteiger partial charge in [0.25, 0.3) is 0 Å². The monoisotopic (exact) mass is 284 g/mol. The summed E-state index contributed by atoms with van der Waals surface area (Å²) in [4.78, 5) is 12.5. The first-order valence-electron chi connectivity index (χ1n) is 6.54. The molecule has 2 aromatic rings. The van der Waals surface area contributed by atoms with E-state index in [4.69, 9.17) is 10.00 Å². The molecular formula is C14H16N6O. The van der Waals surface area contributed by atoms with Gasteiger partial charge >= 0.3 is 6.01 Å². The average molecular weight is 284 g/mol. The Morgan fingerprint density at radius 3 is 2.48 bits per heavy atom. The van der Waals surface area contributed by atoms with Gasteiger partial charge in [0.05, 0.1) is 18.2 Å². The van der Waals surface area contributed by atoms with Crippen LogP contribution in [0, 0.1) is 11.3 Å². The van der Waals surface area contributed by atoms with E-state index in [0.29, 0.717) is 30.6 Å². The summed E-state index contributed by atoms with van der Waals surface area (Å²) in [5, 5.41) is 14.7. The lowest BCUT2D eigenvalue weighted by Gasteiger charge is -2.08. The van der Waals surface area contributed by atoms with Crippen LogP contribution in [-0.4, -0.2) is 28.6 Å². The molecule has 0 saturated heterocycles. The third-order valence-electron chi connectivity index (χ3n) is 2.65. The largest absolute Gasteiger partial charge is 0.464 e. The summed E-state index contributed by atoms with van der Waals surface area (Å²) in [6.07, 6.45) is 0. The Bertz CT molecular complexity index is 635. The molecule has 2 rings (SSSR count). The number of hydrogen-bond acceptors (Lipinski definition) is 7. The maximum absolute atomic E-state index is 8.76. The highest BCUT2D eigenvalue weighted by Gasteiger charge is 2.06. The predicted molar refractivity (Wildman–Crippen MR) is 79.0 cm³/mol. The molecule has 0 aliphatic heterocycles. The first-order valence-corrected chi connectivity index (χ1v) is 6.54. The fourth-order valence-corrected chi connectivity index (χ4v) is 1.62. The van der Waals surface area contributed by atoms with E-state index in [2.05, 4.69) is 31.7 Å². The van der Waals surface area contributed by atoms with Gasteiger partial charge in [0.1, 0.15) is 0 Å². The lowest BCUT2D eigenvalue weighted by Crippen LogP contribution is -2.09. The molecule has 0 fully saturated rings. The van der Waals surface area contributed by atoms with Crippen molar-refractivity contribution in [1.29, 1.82) is 5.26 Å². The van der Waals surface area contributed by atoms with Gasteiger partial charge in [-0.3, -0.25) is 0 Å². The molecular weight excluding hydrogens is 268 g/mol. The second-order valence-corrected chi connectivity index (χ2v) is 4.11. The summed E-state index contributed by atoms with van der Waals surface area (Å²) in [5.41, 5.74) is 1.66. The van der Waals surface area contributed by atoms with E-state index in [9.17, 15) is 0 Å². The average Bonchev–Trinajstić information content (AvgIpc) is 2.53. The zero-order valence-corrected chi connectivity index (χ0v) is 11.9. The van der Waals surface area contributed by atoms with Crippen LogP contribution in [0.25, 0.3) is 0 Å². The number of hydrogen-bond donors (Lipinski definition) is 2. The topological polar surface area (TPSA) is 95.8 Å². The zero-order valence-electron chi connectivity index (χ0n) is 11.9. The van der Waals surface area contributed by atoms with Crippen molar-refractivity contribution in [2.24, 2.45) is 0 Å². The predicted octanol–water partition coefficient (Wildman–Crippen LogP) is 1.80. The molecule has 0 radical (unpaired) electrons. The third kappa shape index (κ3) is 4.04. The van der Waals surface area contributed by atoms with Crippen molar-refractivity contribution in [2.45, 2.75) is 13.5 Å². The summed E-state index contributed by atoms with van der Waals surface area (Å²) in [6.45, 7) is 2.90. The molecule has 0 atom stereocenters. The Morgan fingerprint density at radius 1 is 1.14 bits per heavy atom. The standard InChI is InChI=1S/C14H16N6O/c1-3-21-14-19-12(16-2)18-13(20-14)17-9-11-6-4-10(8-15)5-7-11/h4-7H,3,9H2,1-2H3,(H2,16,17,18,19,20). The van der Waals surface area contributed by atoms with Crippen LogP contribution in [0.15, 0.2) is 24.3 Å². The number of ether oxygens (including phenoxy) is 1. The van der Waals surface area contributed by atoms with E-state index in [0.717, 1.165) is 5.56 Å². The van der Waals surface area contributed by atoms with E-state index >= 15 is 0 Å². The first-order chi connectivity index (χ1) is 10.2. The molecule has 0 saturated carbocycles. The second kappa shape index (κ2) is 7.05. The van der Waals surface area contributed by atoms with Crippen molar-refractivity contribution in [3.63, 3.8) is 0 Å². The summed E-state index contributed by atoms with van der Waals surface area (Å²) >= 11 is 0. The van der Waals surface area contributed by atoms with Crippen LogP contribution in [0.2, 0.25) is 0 Å². The van der Waals surface area contributed by atoms with Crippen LogP contribution in [0.4, 0.5) is 11.9 Å². The molecule has 7 heteroatoms. The molecule has 0 bridgehead atoms. The fourth-order valence-electron chi connectivity index (χ4n) is 1.62. The van der Waals surface area contributed by atoms with Gasteiger partial charge < -0.3 is 15.4 Å². The summed E-state index contributed by atoms with van der Waals surface area (Å²) < 4.78 is 5.29. The number of aromatic nitrogens is 3. The minimum absolute atomic E-state index is 0.277. The van der Waals surface area contributed by atoms with Gasteiger partial charge in [0.15, 0.2) is 0 Å². The minimum atomic E-state index is 0.277. The number of nitrogens with one attached hydrogen (secondary N) is 2. The maximum atomic E-state index is 8.76. The smallest absolute Gasteiger partial charge is 0.323 e. The van der Waals surface area contributed by atoms with E-state index in [-0.39, 0.29) is 6.01 Å². The fraction of sp³-hybridized carbons (Fsp3) is 0.286. The van der Waals surface area contributed by atoms with Gasteiger partial charge in [-0.1, -0.05) is 12.1 Å². The van der Waals surface area contributed by atoms with Gasteiger partial charge in [-0.25, -0.2) is 0 Å². The normalized spacial score (nSPS) is 9.76. The SMILES string of the molecule is CCOc1nc(NC)nc(NCc2ccc(C#N)cc2)n1. The quantitative estimate of drug-likeness (QED) is 0.834. The van der Waals surface area contributed by atoms with Gasteiger partial charge in [0, 0.05) is 13.6 Å². The highest BCUT2D eigenvalue weighted by Crippen LogP contribution is 2.12. The van der Waals surface area contributed by atoms with E-state index < -0.39 is 0 Å². The van der Waals surface area contributed by atoms with Crippen molar-refractivity contribution in [3.8, 4) is 12.1 Å². The molecule has 1 aromatic carbocycles. The number of benzene rings is 1. The number of rotatable bonds is 6. The highest BCUT2D eigenvalue weighted by molar-refractivity contribution is 5.37. The van der Waals surface area contributed by atoms with Crippen molar-refractivity contribution < 1.29 is 4.74 Å². The van der Waals surface area contributed by atoms with Crippen LogP contribution in [0.3, 0.4) is 0 Å². The van der Waals surface area contributed by atoms with E-state index in [1.165, 1.54) is 0 Å². The summed E-state index contributed by atoms with van der Waals surface area (Å²) in [5.74, 6) is 0.873. The molecule has 2 N–H and O–H groups in total. The number of nitrogens with zero attached hydrogens (tertiary/aromatic N) is 4. The molecule has 7 nitrogen and oxygen atoms in total. The van der Waals surface area contributed by atoms with Crippen molar-refractivity contribution in [3.05, 3.63) is 35.4 Å². The van der Waals surface area contributed by atoms with Crippen LogP contribution in [0.5, 0.6) is 6.01 Å². The highest BCUT2D eigenvalue weighted by atomic mass is 16.5. The van der Waals surface area contributed by atoms with Crippen LogP contribution in [0.1, 0.15) is 18.1 Å². The zero-order chi connectivity index (χ0) is 15.1. The minimum Gasteiger partial charge on any atom is -0.464 e. The number of nitriles is 1. The maximum Gasteiger partial charge on any atom is 0.323 e. The summed E-state index contributed by atoms with van der Waals surface area (Å²) in [6, 6.07) is 9.68. The van der Waals surface area contributed by atoms with Gasteiger partial charge in [-0.15, -0.1) is 0 Å². The molecule has 0 aliphatic rings. The van der Waals surface area contributed by atoms with E-state index in [1.807, 2.05) is 19.1 Å². The third-order valence-corrected chi connectivity index (χ3v) is 2.65. The Hall–Kier alpha value is -2.88. The van der Waals surface area contributed by atoms with Crippen molar-refractivity contribution in [2.75, 3.05) is 24.3 Å². The van der Waals surface area contributed by atoms with Crippen LogP contribution < -0.4 is 15.4 Å². The van der Waals surface area contributed by atoms with Gasteiger partial charge in [-0.2, -0.15) is 20.2 Å². The first kappa shape index (κ1) is 14.5. The van der Waals surface area contributed by atoms with Crippen molar-refractivity contribution >= 4 is 11.9 Å². The molecule has 0 spiro atoms. The number of anilines is 2. The van der Waals surface area contributed by atoms with Crippen LogP contribution >= 0.6 is 0 Å². The Balaban J connectivity index is 2.07. The molecule has 1 aromatic heterocycles. The second-order valence-electron chi connectivity index (χ2n) is 4.11. The molecule has 1 heterocycles. The van der Waals surface area contributed by atoms with Gasteiger partial charge in [0.2, 0.25) is 11.9 Å². The van der Waals surface area contributed by atoms with Gasteiger partial charge in [-0.05, 0) is 24.6 Å². The Labute approximate surface area is 123 Å². The van der Waals surface area contributed by atoms with E-state index in [1.54, 1.807) is 19.2 Å². The lowest BCUT2D eigenvalue weighted by molar-refractivity contribution is 0.312. The molecule has 0 unspecified atom stereocenters. The Morgan fingerprint density at radius 2 is 1.86 bits per heavy atom. The molecule has 21 heavy (non-hydrogen) atoms. The molecule has 108 valence electrons.